The predicted octanol–water partition coefficient (Wildman–Crippen LogP) is 3.97. The zero-order valence-corrected chi connectivity index (χ0v) is 17.0. The van der Waals surface area contributed by atoms with Crippen LogP contribution in [-0.4, -0.2) is 22.6 Å². The number of aromatic nitrogens is 1. The van der Waals surface area contributed by atoms with Crippen molar-refractivity contribution >= 4 is 34.5 Å². The Bertz CT molecular complexity index is 1020. The monoisotopic (exact) mass is 393 g/mol. The number of benzene rings is 2. The maximum absolute atomic E-state index is 12.2. The van der Waals surface area contributed by atoms with E-state index in [0.29, 0.717) is 5.56 Å². The molecule has 0 spiro atoms. The number of para-hydroxylation sites is 1. The van der Waals surface area contributed by atoms with E-state index < -0.39 is 0 Å². The van der Waals surface area contributed by atoms with Crippen LogP contribution in [0.2, 0.25) is 0 Å². The van der Waals surface area contributed by atoms with Gasteiger partial charge in [0.1, 0.15) is 5.03 Å². The number of rotatable bonds is 5. The van der Waals surface area contributed by atoms with Crippen molar-refractivity contribution in [1.29, 1.82) is 0 Å². The third-order valence-electron chi connectivity index (χ3n) is 4.44. The summed E-state index contributed by atoms with van der Waals surface area (Å²) in [6, 6.07) is 15.4. The van der Waals surface area contributed by atoms with Gasteiger partial charge in [-0.3, -0.25) is 20.4 Å². The minimum absolute atomic E-state index is 0.172. The second kappa shape index (κ2) is 8.89. The molecule has 0 aliphatic carbocycles. The van der Waals surface area contributed by atoms with E-state index in [1.165, 1.54) is 11.8 Å². The van der Waals surface area contributed by atoms with Crippen molar-refractivity contribution in [2.75, 3.05) is 5.75 Å². The maximum atomic E-state index is 12.2. The lowest BCUT2D eigenvalue weighted by atomic mass is 10.1. The Morgan fingerprint density at radius 1 is 1.04 bits per heavy atom. The molecule has 0 unspecified atom stereocenters. The molecule has 3 aromatic rings. The highest BCUT2D eigenvalue weighted by Crippen LogP contribution is 2.26. The van der Waals surface area contributed by atoms with Crippen LogP contribution in [0, 0.1) is 13.8 Å². The Morgan fingerprint density at radius 2 is 1.79 bits per heavy atom. The van der Waals surface area contributed by atoms with Crippen LogP contribution < -0.4 is 10.9 Å². The molecule has 0 fully saturated rings. The maximum Gasteiger partial charge on any atom is 0.269 e. The van der Waals surface area contributed by atoms with Gasteiger partial charge in [-0.05, 0) is 49.6 Å². The molecule has 28 heavy (non-hydrogen) atoms. The van der Waals surface area contributed by atoms with Crippen LogP contribution in [0.5, 0.6) is 0 Å². The number of hydrogen-bond acceptors (Lipinski definition) is 4. The first kappa shape index (κ1) is 19.9. The zero-order chi connectivity index (χ0) is 20.1. The zero-order valence-electron chi connectivity index (χ0n) is 16.2. The summed E-state index contributed by atoms with van der Waals surface area (Å²) < 4.78 is 0. The number of hydrogen-bond donors (Lipinski definition) is 2. The van der Waals surface area contributed by atoms with Crippen LogP contribution in [0.3, 0.4) is 0 Å². The smallest absolute Gasteiger partial charge is 0.269 e. The molecule has 2 N–H and O–H groups in total. The van der Waals surface area contributed by atoms with Crippen molar-refractivity contribution in [3.8, 4) is 0 Å². The summed E-state index contributed by atoms with van der Waals surface area (Å²) in [5.74, 6) is -0.447. The Labute approximate surface area is 168 Å². The Kier molecular flexibility index (Phi) is 6.31. The summed E-state index contributed by atoms with van der Waals surface area (Å²) in [5.41, 5.74) is 9.66. The van der Waals surface area contributed by atoms with E-state index in [1.807, 2.05) is 38.1 Å². The number of aryl methyl sites for hydroxylation is 3. The van der Waals surface area contributed by atoms with Gasteiger partial charge < -0.3 is 0 Å². The standard InChI is InChI=1S/C22H23N3O2S/c1-4-16-12-18-7-5-6-15(3)20(18)23-22(16)28-13-19(26)24-25-21(27)17-10-8-14(2)9-11-17/h5-12H,4,13H2,1-3H3,(H,24,26)(H,25,27). The van der Waals surface area contributed by atoms with E-state index in [1.54, 1.807) is 12.1 Å². The molecule has 0 atom stereocenters. The Morgan fingerprint density at radius 3 is 2.50 bits per heavy atom. The second-order valence-electron chi connectivity index (χ2n) is 6.61. The Balaban J connectivity index is 1.61. The molecule has 0 aliphatic heterocycles. The fraction of sp³-hybridized carbons (Fsp3) is 0.227. The van der Waals surface area contributed by atoms with Gasteiger partial charge in [0.2, 0.25) is 5.91 Å². The first-order valence-electron chi connectivity index (χ1n) is 9.16. The fourth-order valence-electron chi connectivity index (χ4n) is 2.83. The van der Waals surface area contributed by atoms with Crippen molar-refractivity contribution in [2.45, 2.75) is 32.2 Å². The van der Waals surface area contributed by atoms with Crippen LogP contribution in [0.4, 0.5) is 0 Å². The lowest BCUT2D eigenvalue weighted by molar-refractivity contribution is -0.119. The van der Waals surface area contributed by atoms with Crippen molar-refractivity contribution in [3.63, 3.8) is 0 Å². The van der Waals surface area contributed by atoms with Gasteiger partial charge in [-0.15, -0.1) is 0 Å². The van der Waals surface area contributed by atoms with E-state index in [4.69, 9.17) is 4.98 Å². The molecule has 0 radical (unpaired) electrons. The molecule has 2 aromatic carbocycles. The van der Waals surface area contributed by atoms with Crippen LogP contribution in [0.25, 0.3) is 10.9 Å². The van der Waals surface area contributed by atoms with E-state index >= 15 is 0 Å². The SMILES string of the molecule is CCc1cc2cccc(C)c2nc1SCC(=O)NNC(=O)c1ccc(C)cc1. The van der Waals surface area contributed by atoms with E-state index in [9.17, 15) is 9.59 Å². The third-order valence-corrected chi connectivity index (χ3v) is 5.47. The molecule has 0 saturated carbocycles. The van der Waals surface area contributed by atoms with E-state index in [0.717, 1.165) is 39.0 Å². The van der Waals surface area contributed by atoms with Gasteiger partial charge in [0.05, 0.1) is 11.3 Å². The number of carbonyl (C=O) groups excluding carboxylic acids is 2. The average molecular weight is 394 g/mol. The molecule has 144 valence electrons. The summed E-state index contributed by atoms with van der Waals surface area (Å²) in [5, 5.41) is 1.96. The topological polar surface area (TPSA) is 71.1 Å². The summed E-state index contributed by atoms with van der Waals surface area (Å²) in [4.78, 5) is 29.0. The molecule has 2 amide bonds. The highest BCUT2D eigenvalue weighted by molar-refractivity contribution is 7.99. The molecule has 0 saturated heterocycles. The molecule has 3 rings (SSSR count). The summed E-state index contributed by atoms with van der Waals surface area (Å²) in [6.45, 7) is 6.06. The first-order valence-corrected chi connectivity index (χ1v) is 10.1. The van der Waals surface area contributed by atoms with Crippen molar-refractivity contribution in [2.24, 2.45) is 0 Å². The fourth-order valence-corrected chi connectivity index (χ4v) is 3.71. The van der Waals surface area contributed by atoms with Gasteiger partial charge in [-0.2, -0.15) is 0 Å². The number of fused-ring (bicyclic) bond motifs is 1. The van der Waals surface area contributed by atoms with Crippen LogP contribution in [-0.2, 0) is 11.2 Å². The molecule has 5 nitrogen and oxygen atoms in total. The molecule has 6 heteroatoms. The normalized spacial score (nSPS) is 10.7. The number of nitrogens with zero attached hydrogens (tertiary/aromatic N) is 1. The molecule has 0 bridgehead atoms. The third kappa shape index (κ3) is 4.70. The molecular formula is C22H23N3O2S. The number of nitrogens with one attached hydrogen (secondary N) is 2. The molecule has 1 heterocycles. The number of hydrazine groups is 1. The van der Waals surface area contributed by atoms with E-state index in [-0.39, 0.29) is 17.6 Å². The van der Waals surface area contributed by atoms with Gasteiger partial charge in [-0.25, -0.2) is 4.98 Å². The van der Waals surface area contributed by atoms with Gasteiger partial charge in [-0.1, -0.05) is 54.6 Å². The number of pyridine rings is 1. The summed E-state index contributed by atoms with van der Waals surface area (Å²) >= 11 is 1.38. The second-order valence-corrected chi connectivity index (χ2v) is 7.57. The lowest BCUT2D eigenvalue weighted by Crippen LogP contribution is -2.42. The summed E-state index contributed by atoms with van der Waals surface area (Å²) in [7, 11) is 0. The highest BCUT2D eigenvalue weighted by atomic mass is 32.2. The van der Waals surface area contributed by atoms with Crippen molar-refractivity contribution < 1.29 is 9.59 Å². The van der Waals surface area contributed by atoms with Crippen molar-refractivity contribution in [1.82, 2.24) is 15.8 Å². The number of carbonyl (C=O) groups is 2. The quantitative estimate of drug-likeness (QED) is 0.508. The van der Waals surface area contributed by atoms with Gasteiger partial charge >= 0.3 is 0 Å². The van der Waals surface area contributed by atoms with Gasteiger partial charge in [0, 0.05) is 10.9 Å². The average Bonchev–Trinajstić information content (AvgIpc) is 2.70. The van der Waals surface area contributed by atoms with Crippen LogP contribution in [0.15, 0.2) is 53.6 Å². The largest absolute Gasteiger partial charge is 0.272 e. The molecule has 0 aliphatic rings. The van der Waals surface area contributed by atoms with Crippen molar-refractivity contribution in [3.05, 3.63) is 70.8 Å². The Hall–Kier alpha value is -2.86. The lowest BCUT2D eigenvalue weighted by Gasteiger charge is -2.11. The number of amides is 2. The minimum Gasteiger partial charge on any atom is -0.272 e. The first-order chi connectivity index (χ1) is 13.5. The summed E-state index contributed by atoms with van der Waals surface area (Å²) in [6.07, 6.45) is 0.838. The highest BCUT2D eigenvalue weighted by Gasteiger charge is 2.11. The molecule has 1 aromatic heterocycles. The number of thioether (sulfide) groups is 1. The van der Waals surface area contributed by atoms with Crippen LogP contribution >= 0.6 is 11.8 Å². The minimum atomic E-state index is -0.341. The van der Waals surface area contributed by atoms with Gasteiger partial charge in [0.15, 0.2) is 0 Å². The predicted molar refractivity (Wildman–Crippen MR) is 113 cm³/mol. The van der Waals surface area contributed by atoms with E-state index in [2.05, 4.69) is 29.9 Å². The van der Waals surface area contributed by atoms with Crippen LogP contribution in [0.1, 0.15) is 34.0 Å². The molecular weight excluding hydrogens is 370 g/mol. The van der Waals surface area contributed by atoms with Gasteiger partial charge in [0.25, 0.3) is 5.91 Å².